The largest absolute Gasteiger partial charge is 0.300 e. The second-order valence-electron chi connectivity index (χ2n) is 7.45. The fraction of sp³-hybridized carbons (Fsp3) is 0.227. The molecule has 9 heteroatoms. The number of fused-ring (bicyclic) bond motifs is 2. The van der Waals surface area contributed by atoms with E-state index in [0.29, 0.717) is 16.0 Å². The summed E-state index contributed by atoms with van der Waals surface area (Å²) in [5, 5.41) is 11.7. The Kier molecular flexibility index (Phi) is 5.27. The summed E-state index contributed by atoms with van der Waals surface area (Å²) in [6, 6.07) is 17.3. The monoisotopic (exact) mass is 432 g/mol. The zero-order chi connectivity index (χ0) is 21.2. The van der Waals surface area contributed by atoms with Gasteiger partial charge >= 0.3 is 0 Å². The summed E-state index contributed by atoms with van der Waals surface area (Å²) in [5.74, 6) is -0.348. The fourth-order valence-corrected chi connectivity index (χ4v) is 4.77. The van der Waals surface area contributed by atoms with Gasteiger partial charge in [0.25, 0.3) is 5.56 Å². The van der Waals surface area contributed by atoms with Crippen LogP contribution in [0.3, 0.4) is 0 Å². The standard InChI is InChI=1S/C22H20N6O2S/c29-20(14-28-21(30)16-8-4-5-9-17(16)25-26-28)24-22-23-18-10-11-27(13-19(18)31-22)12-15-6-2-1-3-7-15/h1-9H,10-14H2,(H,23,24,29). The predicted molar refractivity (Wildman–Crippen MR) is 119 cm³/mol. The van der Waals surface area contributed by atoms with Gasteiger partial charge in [0.05, 0.1) is 11.1 Å². The van der Waals surface area contributed by atoms with Crippen molar-refractivity contribution >= 4 is 33.3 Å². The third kappa shape index (κ3) is 4.23. The maximum Gasteiger partial charge on any atom is 0.278 e. The van der Waals surface area contributed by atoms with Crippen LogP contribution in [0, 0.1) is 0 Å². The Hall–Kier alpha value is -3.43. The molecule has 4 aromatic rings. The normalized spacial score (nSPS) is 13.8. The minimum atomic E-state index is -0.348. The molecule has 2 aromatic heterocycles. The van der Waals surface area contributed by atoms with Crippen LogP contribution < -0.4 is 10.9 Å². The number of nitrogens with one attached hydrogen (secondary N) is 1. The Bertz CT molecular complexity index is 1300. The van der Waals surface area contributed by atoms with Gasteiger partial charge in [-0.05, 0) is 17.7 Å². The average molecular weight is 433 g/mol. The highest BCUT2D eigenvalue weighted by molar-refractivity contribution is 7.15. The van der Waals surface area contributed by atoms with E-state index in [4.69, 9.17) is 0 Å². The number of amides is 1. The molecule has 0 saturated heterocycles. The first-order valence-electron chi connectivity index (χ1n) is 10.0. The van der Waals surface area contributed by atoms with Crippen LogP contribution in [0.25, 0.3) is 10.9 Å². The van der Waals surface area contributed by atoms with E-state index in [1.54, 1.807) is 24.3 Å². The molecule has 0 unspecified atom stereocenters. The lowest BCUT2D eigenvalue weighted by Gasteiger charge is -2.25. The number of carbonyl (C=O) groups excluding carboxylic acids is 1. The molecule has 0 aliphatic carbocycles. The Balaban J connectivity index is 1.25. The third-order valence-electron chi connectivity index (χ3n) is 5.23. The van der Waals surface area contributed by atoms with E-state index >= 15 is 0 Å². The van der Waals surface area contributed by atoms with Crippen LogP contribution in [0.1, 0.15) is 16.1 Å². The van der Waals surface area contributed by atoms with Gasteiger partial charge in [-0.15, -0.1) is 16.4 Å². The van der Waals surface area contributed by atoms with Crippen molar-refractivity contribution < 1.29 is 4.79 Å². The number of nitrogens with zero attached hydrogens (tertiary/aromatic N) is 5. The Labute approximate surface area is 182 Å². The molecule has 31 heavy (non-hydrogen) atoms. The zero-order valence-corrected chi connectivity index (χ0v) is 17.5. The lowest BCUT2D eigenvalue weighted by atomic mass is 10.1. The number of rotatable bonds is 5. The molecular weight excluding hydrogens is 412 g/mol. The maximum absolute atomic E-state index is 12.5. The van der Waals surface area contributed by atoms with E-state index in [0.717, 1.165) is 36.4 Å². The molecule has 2 aromatic carbocycles. The van der Waals surface area contributed by atoms with Crippen LogP contribution in [-0.4, -0.2) is 37.3 Å². The summed E-state index contributed by atoms with van der Waals surface area (Å²) in [6.45, 7) is 2.43. The second kappa shape index (κ2) is 8.37. The molecule has 3 heterocycles. The molecule has 0 atom stereocenters. The number of thiazole rings is 1. The van der Waals surface area contributed by atoms with Gasteiger partial charge < -0.3 is 5.32 Å². The van der Waals surface area contributed by atoms with Crippen molar-refractivity contribution in [2.45, 2.75) is 26.1 Å². The van der Waals surface area contributed by atoms with Gasteiger partial charge in [-0.25, -0.2) is 9.67 Å². The molecule has 1 N–H and O–H groups in total. The van der Waals surface area contributed by atoms with Crippen molar-refractivity contribution in [2.75, 3.05) is 11.9 Å². The minimum Gasteiger partial charge on any atom is -0.300 e. The average Bonchev–Trinajstić information content (AvgIpc) is 3.18. The van der Waals surface area contributed by atoms with Crippen molar-refractivity contribution in [1.82, 2.24) is 24.9 Å². The van der Waals surface area contributed by atoms with Crippen LogP contribution in [0.4, 0.5) is 5.13 Å². The summed E-state index contributed by atoms with van der Waals surface area (Å²) < 4.78 is 1.08. The summed E-state index contributed by atoms with van der Waals surface area (Å²) in [5.41, 5.74) is 2.49. The summed E-state index contributed by atoms with van der Waals surface area (Å²) >= 11 is 1.49. The molecule has 156 valence electrons. The van der Waals surface area contributed by atoms with Crippen LogP contribution in [0.2, 0.25) is 0 Å². The number of anilines is 1. The predicted octanol–water partition coefficient (Wildman–Crippen LogP) is 2.45. The van der Waals surface area contributed by atoms with Crippen LogP contribution in [-0.2, 0) is 30.8 Å². The molecule has 0 spiro atoms. The molecule has 0 radical (unpaired) electrons. The van der Waals surface area contributed by atoms with Crippen LogP contribution in [0.15, 0.2) is 59.4 Å². The highest BCUT2D eigenvalue weighted by Gasteiger charge is 2.21. The molecule has 8 nitrogen and oxygen atoms in total. The first-order valence-corrected chi connectivity index (χ1v) is 10.8. The lowest BCUT2D eigenvalue weighted by Crippen LogP contribution is -2.30. The smallest absolute Gasteiger partial charge is 0.278 e. The van der Waals surface area contributed by atoms with Crippen molar-refractivity contribution in [3.63, 3.8) is 0 Å². The number of aromatic nitrogens is 4. The van der Waals surface area contributed by atoms with E-state index in [9.17, 15) is 9.59 Å². The molecule has 1 aliphatic heterocycles. The Morgan fingerprint density at radius 1 is 1.10 bits per heavy atom. The highest BCUT2D eigenvalue weighted by Crippen LogP contribution is 2.29. The Morgan fingerprint density at radius 3 is 2.77 bits per heavy atom. The van der Waals surface area contributed by atoms with Crippen molar-refractivity contribution in [2.24, 2.45) is 0 Å². The van der Waals surface area contributed by atoms with Gasteiger partial charge in [-0.2, -0.15) is 0 Å². The van der Waals surface area contributed by atoms with Gasteiger partial charge in [-0.3, -0.25) is 14.5 Å². The van der Waals surface area contributed by atoms with Crippen molar-refractivity contribution in [3.8, 4) is 0 Å². The minimum absolute atomic E-state index is 0.207. The van der Waals surface area contributed by atoms with Crippen LogP contribution in [0.5, 0.6) is 0 Å². The first kappa shape index (κ1) is 19.5. The number of hydrogen-bond acceptors (Lipinski definition) is 7. The topological polar surface area (TPSA) is 93.0 Å². The van der Waals surface area contributed by atoms with E-state index in [1.807, 2.05) is 6.07 Å². The van der Waals surface area contributed by atoms with E-state index in [1.165, 1.54) is 21.8 Å². The van der Waals surface area contributed by atoms with E-state index in [2.05, 4.69) is 49.8 Å². The Morgan fingerprint density at radius 2 is 1.90 bits per heavy atom. The van der Waals surface area contributed by atoms with Crippen LogP contribution >= 0.6 is 11.3 Å². The SMILES string of the molecule is O=C(Cn1nnc2ccccc2c1=O)Nc1nc2c(s1)CN(Cc1ccccc1)CC2. The molecule has 0 bridgehead atoms. The van der Waals surface area contributed by atoms with Gasteiger partial charge in [-0.1, -0.05) is 47.7 Å². The third-order valence-corrected chi connectivity index (χ3v) is 6.23. The number of carbonyl (C=O) groups is 1. The summed E-state index contributed by atoms with van der Waals surface area (Å²) in [6.07, 6.45) is 0.851. The van der Waals surface area contributed by atoms with Crippen molar-refractivity contribution in [3.05, 3.63) is 81.1 Å². The lowest BCUT2D eigenvalue weighted by molar-refractivity contribution is -0.117. The van der Waals surface area contributed by atoms with Crippen molar-refractivity contribution in [1.29, 1.82) is 0 Å². The highest BCUT2D eigenvalue weighted by atomic mass is 32.1. The molecule has 0 fully saturated rings. The maximum atomic E-state index is 12.5. The first-order chi connectivity index (χ1) is 15.2. The van der Waals surface area contributed by atoms with Gasteiger partial charge in [0, 0.05) is 30.9 Å². The number of hydrogen-bond donors (Lipinski definition) is 1. The fourth-order valence-electron chi connectivity index (χ4n) is 3.70. The van der Waals surface area contributed by atoms with Gasteiger partial charge in [0.2, 0.25) is 5.91 Å². The van der Waals surface area contributed by atoms with Gasteiger partial charge in [0.15, 0.2) is 5.13 Å². The molecule has 1 amide bonds. The number of benzene rings is 2. The van der Waals surface area contributed by atoms with Gasteiger partial charge in [0.1, 0.15) is 12.1 Å². The van der Waals surface area contributed by atoms with E-state index < -0.39 is 0 Å². The summed E-state index contributed by atoms with van der Waals surface area (Å²) in [7, 11) is 0. The van der Waals surface area contributed by atoms with E-state index in [-0.39, 0.29) is 18.0 Å². The quantitative estimate of drug-likeness (QED) is 0.521. The molecule has 0 saturated carbocycles. The molecule has 1 aliphatic rings. The molecule has 5 rings (SSSR count). The zero-order valence-electron chi connectivity index (χ0n) is 16.7. The summed E-state index contributed by atoms with van der Waals surface area (Å²) in [4.78, 5) is 33.2. The second-order valence-corrected chi connectivity index (χ2v) is 8.54. The molecular formula is C22H20N6O2S.